The number of benzene rings is 3. The van der Waals surface area contributed by atoms with Gasteiger partial charge in [0.25, 0.3) is 10.0 Å². The van der Waals surface area contributed by atoms with Gasteiger partial charge < -0.3 is 19.5 Å². The largest absolute Gasteiger partial charge is 0.493 e. The van der Waals surface area contributed by atoms with Crippen molar-refractivity contribution in [3.05, 3.63) is 83.7 Å². The molecule has 0 atom stereocenters. The molecule has 36 heavy (non-hydrogen) atoms. The van der Waals surface area contributed by atoms with Gasteiger partial charge in [0.15, 0.2) is 11.5 Å². The molecule has 0 unspecified atom stereocenters. The maximum Gasteiger partial charge on any atom is 0.261 e. The van der Waals surface area contributed by atoms with Crippen LogP contribution in [0.1, 0.15) is 17.5 Å². The highest BCUT2D eigenvalue weighted by atomic mass is 32.2. The molecule has 3 aromatic carbocycles. The quantitative estimate of drug-likeness (QED) is 0.334. The Morgan fingerprint density at radius 2 is 1.56 bits per heavy atom. The number of ether oxygens (including phenoxy) is 3. The Bertz CT molecular complexity index is 1250. The highest BCUT2D eigenvalue weighted by molar-refractivity contribution is 7.92. The van der Waals surface area contributed by atoms with Crippen LogP contribution in [0.15, 0.2) is 71.6 Å². The zero-order valence-electron chi connectivity index (χ0n) is 20.1. The van der Waals surface area contributed by atoms with Gasteiger partial charge in [-0.1, -0.05) is 24.3 Å². The number of amides is 1. The fourth-order valence-corrected chi connectivity index (χ4v) is 4.41. The molecule has 1 amide bonds. The van der Waals surface area contributed by atoms with E-state index in [0.717, 1.165) is 11.1 Å². The molecule has 0 radical (unpaired) electrons. The number of anilines is 1. The number of aryl methyl sites for hydroxylation is 1. The van der Waals surface area contributed by atoms with Gasteiger partial charge in [0, 0.05) is 12.6 Å². The molecule has 0 aliphatic rings. The number of methoxy groups -OCH3 is 2. The summed E-state index contributed by atoms with van der Waals surface area (Å²) in [6.45, 7) is 0.598. The van der Waals surface area contributed by atoms with Crippen LogP contribution in [-0.4, -0.2) is 41.7 Å². The Morgan fingerprint density at radius 1 is 0.889 bits per heavy atom. The third-order valence-electron chi connectivity index (χ3n) is 5.25. The number of sulfonamides is 1. The summed E-state index contributed by atoms with van der Waals surface area (Å²) in [4.78, 5) is 12.0. The van der Waals surface area contributed by atoms with Crippen molar-refractivity contribution in [2.75, 3.05) is 32.1 Å². The van der Waals surface area contributed by atoms with E-state index in [-0.39, 0.29) is 29.8 Å². The maximum atomic E-state index is 12.9. The van der Waals surface area contributed by atoms with Gasteiger partial charge >= 0.3 is 0 Å². The van der Waals surface area contributed by atoms with Crippen LogP contribution >= 0.6 is 0 Å². The van der Waals surface area contributed by atoms with Gasteiger partial charge in [-0.2, -0.15) is 0 Å². The van der Waals surface area contributed by atoms with E-state index in [4.69, 9.17) is 14.2 Å². The summed E-state index contributed by atoms with van der Waals surface area (Å²) >= 11 is 0. The third kappa shape index (κ3) is 7.96. The molecule has 0 spiro atoms. The smallest absolute Gasteiger partial charge is 0.261 e. The number of carbonyl (C=O) groups is 1. The third-order valence-corrected chi connectivity index (χ3v) is 6.65. The van der Waals surface area contributed by atoms with Crippen LogP contribution in [0.2, 0.25) is 0 Å². The van der Waals surface area contributed by atoms with Crippen molar-refractivity contribution in [2.24, 2.45) is 0 Å². The fourth-order valence-electron chi connectivity index (χ4n) is 3.36. The van der Waals surface area contributed by atoms with Gasteiger partial charge in [0.1, 0.15) is 12.4 Å². The predicted molar refractivity (Wildman–Crippen MR) is 134 cm³/mol. The minimum Gasteiger partial charge on any atom is -0.493 e. The number of nitrogens with one attached hydrogen (secondary N) is 2. The van der Waals surface area contributed by atoms with Gasteiger partial charge in [-0.15, -0.1) is 0 Å². The molecule has 0 aliphatic carbocycles. The van der Waals surface area contributed by atoms with Crippen molar-refractivity contribution in [3.8, 4) is 11.5 Å². The number of halogens is 1. The molecule has 10 heteroatoms. The van der Waals surface area contributed by atoms with Crippen molar-refractivity contribution in [3.63, 3.8) is 0 Å². The Balaban J connectivity index is 1.41. The van der Waals surface area contributed by atoms with E-state index in [1.807, 2.05) is 0 Å². The molecule has 8 nitrogen and oxygen atoms in total. The summed E-state index contributed by atoms with van der Waals surface area (Å²) in [5.41, 5.74) is 2.09. The molecule has 0 heterocycles. The van der Waals surface area contributed by atoms with Gasteiger partial charge in [0.05, 0.1) is 31.4 Å². The average Bonchev–Trinajstić information content (AvgIpc) is 2.88. The van der Waals surface area contributed by atoms with Crippen LogP contribution in [0, 0.1) is 5.82 Å². The van der Waals surface area contributed by atoms with Crippen LogP contribution in [0.3, 0.4) is 0 Å². The van der Waals surface area contributed by atoms with E-state index >= 15 is 0 Å². The first-order valence-corrected chi connectivity index (χ1v) is 12.7. The monoisotopic (exact) mass is 516 g/mol. The first-order valence-electron chi connectivity index (χ1n) is 11.2. The normalized spacial score (nSPS) is 11.1. The molecule has 3 aromatic rings. The second kappa shape index (κ2) is 12.9. The van der Waals surface area contributed by atoms with E-state index in [0.29, 0.717) is 36.6 Å². The van der Waals surface area contributed by atoms with Gasteiger partial charge in [0.2, 0.25) is 5.91 Å². The zero-order valence-corrected chi connectivity index (χ0v) is 20.9. The molecular weight excluding hydrogens is 487 g/mol. The van der Waals surface area contributed by atoms with Crippen LogP contribution in [0.4, 0.5) is 10.1 Å². The SMILES string of the molecule is COc1ccc(NS(=O)(=O)c2ccc(CCCNC(=O)COCc3ccc(F)cc3)cc2)cc1OC. The first kappa shape index (κ1) is 27.0. The molecule has 0 bridgehead atoms. The molecular formula is C26H29FN2O6S. The van der Waals surface area contributed by atoms with Gasteiger partial charge in [-0.3, -0.25) is 9.52 Å². The van der Waals surface area contributed by atoms with Crippen molar-refractivity contribution in [1.82, 2.24) is 5.32 Å². The van der Waals surface area contributed by atoms with Crippen molar-refractivity contribution < 1.29 is 31.8 Å². The maximum absolute atomic E-state index is 12.9. The Kier molecular flexibility index (Phi) is 9.66. The van der Waals surface area contributed by atoms with Crippen LogP contribution in [0.25, 0.3) is 0 Å². The minimum atomic E-state index is -3.78. The topological polar surface area (TPSA) is 103 Å². The average molecular weight is 517 g/mol. The molecule has 2 N–H and O–H groups in total. The summed E-state index contributed by atoms with van der Waals surface area (Å²) in [5, 5.41) is 2.78. The molecule has 0 saturated carbocycles. The number of rotatable bonds is 13. The van der Waals surface area contributed by atoms with Crippen molar-refractivity contribution >= 4 is 21.6 Å². The van der Waals surface area contributed by atoms with Crippen LogP contribution in [0.5, 0.6) is 11.5 Å². The Labute approximate surface area is 210 Å². The van der Waals surface area contributed by atoms with Crippen LogP contribution in [-0.2, 0) is 32.6 Å². The molecule has 192 valence electrons. The number of carbonyl (C=O) groups excluding carboxylic acids is 1. The Morgan fingerprint density at radius 3 is 2.22 bits per heavy atom. The summed E-state index contributed by atoms with van der Waals surface area (Å²) < 4.78 is 56.6. The summed E-state index contributed by atoms with van der Waals surface area (Å²) in [6.07, 6.45) is 1.35. The Hall–Kier alpha value is -3.63. The van der Waals surface area contributed by atoms with Crippen molar-refractivity contribution in [1.29, 1.82) is 0 Å². The molecule has 0 aliphatic heterocycles. The van der Waals surface area contributed by atoms with Gasteiger partial charge in [-0.25, -0.2) is 12.8 Å². The predicted octanol–water partition coefficient (Wildman–Crippen LogP) is 3.91. The first-order chi connectivity index (χ1) is 17.3. The number of hydrogen-bond acceptors (Lipinski definition) is 6. The van der Waals surface area contributed by atoms with E-state index in [2.05, 4.69) is 10.0 Å². The van der Waals surface area contributed by atoms with Crippen LogP contribution < -0.4 is 19.5 Å². The molecule has 0 aromatic heterocycles. The standard InChI is InChI=1S/C26H29FN2O6S/c1-33-24-14-11-22(16-25(24)34-2)29-36(31,32)23-12-7-19(8-13-23)4-3-15-28-26(30)18-35-17-20-5-9-21(27)10-6-20/h5-14,16,29H,3-4,15,17-18H2,1-2H3,(H,28,30). The lowest BCUT2D eigenvalue weighted by Crippen LogP contribution is -2.28. The van der Waals surface area contributed by atoms with E-state index < -0.39 is 10.0 Å². The summed E-state index contributed by atoms with van der Waals surface area (Å²) in [5.74, 6) is 0.358. The molecule has 0 saturated heterocycles. The molecule has 0 fully saturated rings. The highest BCUT2D eigenvalue weighted by Gasteiger charge is 2.15. The van der Waals surface area contributed by atoms with Crippen molar-refractivity contribution in [2.45, 2.75) is 24.3 Å². The molecule has 3 rings (SSSR count). The zero-order chi connectivity index (χ0) is 26.0. The fraction of sp³-hybridized carbons (Fsp3) is 0.269. The van der Waals surface area contributed by atoms with E-state index in [1.54, 1.807) is 54.6 Å². The lowest BCUT2D eigenvalue weighted by molar-refractivity contribution is -0.126. The lowest BCUT2D eigenvalue weighted by Gasteiger charge is -2.12. The lowest BCUT2D eigenvalue weighted by atomic mass is 10.1. The highest BCUT2D eigenvalue weighted by Crippen LogP contribution is 2.30. The second-order valence-electron chi connectivity index (χ2n) is 7.89. The van der Waals surface area contributed by atoms with Gasteiger partial charge in [-0.05, 0) is 60.4 Å². The minimum absolute atomic E-state index is 0.0863. The van der Waals surface area contributed by atoms with E-state index in [1.165, 1.54) is 26.4 Å². The summed E-state index contributed by atoms with van der Waals surface area (Å²) in [7, 11) is -0.798. The second-order valence-corrected chi connectivity index (χ2v) is 9.57. The summed E-state index contributed by atoms with van der Waals surface area (Å²) in [6, 6.07) is 17.2. The van der Waals surface area contributed by atoms with E-state index in [9.17, 15) is 17.6 Å². The number of hydrogen-bond donors (Lipinski definition) is 2.